The van der Waals surface area contributed by atoms with E-state index >= 15 is 0 Å². The number of imidazole rings is 1. The van der Waals surface area contributed by atoms with Crippen molar-refractivity contribution in [3.63, 3.8) is 0 Å². The first-order valence-electron chi connectivity index (χ1n) is 5.51. The lowest BCUT2D eigenvalue weighted by molar-refractivity contribution is 0.436. The molecule has 0 bridgehead atoms. The summed E-state index contributed by atoms with van der Waals surface area (Å²) in [5.41, 5.74) is 7.73. The van der Waals surface area contributed by atoms with E-state index < -0.39 is 0 Å². The summed E-state index contributed by atoms with van der Waals surface area (Å²) in [4.78, 5) is 4.17. The predicted molar refractivity (Wildman–Crippen MR) is 70.9 cm³/mol. The molecule has 0 radical (unpaired) electrons. The topological polar surface area (TPSA) is 43.8 Å². The van der Waals surface area contributed by atoms with Crippen LogP contribution in [-0.2, 0) is 6.54 Å². The molecule has 0 aliphatic heterocycles. The number of halogens is 1. The van der Waals surface area contributed by atoms with Crippen LogP contribution in [0.5, 0.6) is 0 Å². The molecule has 0 saturated carbocycles. The second-order valence-corrected chi connectivity index (χ2v) is 5.28. The van der Waals surface area contributed by atoms with E-state index in [0.717, 1.165) is 16.3 Å². The fourth-order valence-electron chi connectivity index (χ4n) is 1.78. The van der Waals surface area contributed by atoms with E-state index in [1.54, 1.807) is 6.33 Å². The monoisotopic (exact) mass is 249 g/mol. The van der Waals surface area contributed by atoms with E-state index in [2.05, 4.69) is 4.98 Å². The lowest BCUT2D eigenvalue weighted by Gasteiger charge is -2.20. The zero-order valence-electron chi connectivity index (χ0n) is 10.0. The van der Waals surface area contributed by atoms with E-state index in [9.17, 15) is 0 Å². The quantitative estimate of drug-likeness (QED) is 0.909. The molecule has 0 atom stereocenters. The molecule has 0 aliphatic carbocycles. The molecule has 0 amide bonds. The molecule has 90 valence electrons. The Hall–Kier alpha value is -1.32. The van der Waals surface area contributed by atoms with Gasteiger partial charge in [-0.3, -0.25) is 0 Å². The number of hydrogen-bond acceptors (Lipinski definition) is 2. The van der Waals surface area contributed by atoms with Gasteiger partial charge in [0.2, 0.25) is 0 Å². The van der Waals surface area contributed by atoms with Crippen LogP contribution >= 0.6 is 11.6 Å². The molecule has 3 nitrogen and oxygen atoms in total. The summed E-state index contributed by atoms with van der Waals surface area (Å²) in [7, 11) is 0. The summed E-state index contributed by atoms with van der Waals surface area (Å²) in [5, 5.41) is 0.726. The van der Waals surface area contributed by atoms with Crippen LogP contribution in [0.15, 0.2) is 36.8 Å². The first-order valence-corrected chi connectivity index (χ1v) is 5.89. The van der Waals surface area contributed by atoms with Crippen LogP contribution in [0.2, 0.25) is 5.02 Å². The van der Waals surface area contributed by atoms with Gasteiger partial charge in [-0.05, 0) is 19.9 Å². The van der Waals surface area contributed by atoms with Gasteiger partial charge < -0.3 is 10.3 Å². The number of rotatable bonds is 3. The first-order chi connectivity index (χ1) is 7.97. The minimum atomic E-state index is -0.281. The third-order valence-electron chi connectivity index (χ3n) is 2.44. The Morgan fingerprint density at radius 2 is 2.06 bits per heavy atom. The average molecular weight is 250 g/mol. The zero-order valence-corrected chi connectivity index (χ0v) is 10.8. The summed E-state index contributed by atoms with van der Waals surface area (Å²) in [5.74, 6) is 0. The van der Waals surface area contributed by atoms with E-state index in [-0.39, 0.29) is 5.54 Å². The van der Waals surface area contributed by atoms with Crippen LogP contribution in [0.3, 0.4) is 0 Å². The third-order valence-corrected chi connectivity index (χ3v) is 2.77. The van der Waals surface area contributed by atoms with Crippen molar-refractivity contribution in [3.8, 4) is 11.3 Å². The molecule has 1 aromatic carbocycles. The lowest BCUT2D eigenvalue weighted by Crippen LogP contribution is -2.37. The summed E-state index contributed by atoms with van der Waals surface area (Å²) in [6.07, 6.45) is 3.60. The normalized spacial score (nSPS) is 11.8. The Labute approximate surface area is 106 Å². The van der Waals surface area contributed by atoms with Crippen molar-refractivity contribution in [1.29, 1.82) is 0 Å². The summed E-state index contributed by atoms with van der Waals surface area (Å²) < 4.78 is 2.03. The standard InChI is InChI=1S/C13H16ClN3/c1-13(2,15)8-17-9-16-7-12(17)10-5-3-4-6-11(10)14/h3-7,9H,8,15H2,1-2H3. The van der Waals surface area contributed by atoms with Gasteiger partial charge in [0, 0.05) is 22.7 Å². The molecule has 17 heavy (non-hydrogen) atoms. The van der Waals surface area contributed by atoms with Crippen LogP contribution in [0.25, 0.3) is 11.3 Å². The lowest BCUT2D eigenvalue weighted by atomic mass is 10.1. The fraction of sp³-hybridized carbons (Fsp3) is 0.308. The maximum atomic E-state index is 6.19. The van der Waals surface area contributed by atoms with Crippen LogP contribution in [-0.4, -0.2) is 15.1 Å². The Kier molecular flexibility index (Phi) is 3.22. The Morgan fingerprint density at radius 1 is 1.35 bits per heavy atom. The minimum Gasteiger partial charge on any atom is -0.329 e. The van der Waals surface area contributed by atoms with E-state index in [1.807, 2.05) is 48.9 Å². The molecule has 4 heteroatoms. The van der Waals surface area contributed by atoms with Gasteiger partial charge in [-0.1, -0.05) is 29.8 Å². The summed E-state index contributed by atoms with van der Waals surface area (Å²) in [6.45, 7) is 4.68. The molecule has 0 unspecified atom stereocenters. The highest BCUT2D eigenvalue weighted by molar-refractivity contribution is 6.33. The molecule has 2 aromatic rings. The predicted octanol–water partition coefficient (Wildman–Crippen LogP) is 2.94. The maximum absolute atomic E-state index is 6.19. The van der Waals surface area contributed by atoms with Crippen molar-refractivity contribution >= 4 is 11.6 Å². The highest BCUT2D eigenvalue weighted by Gasteiger charge is 2.15. The summed E-state index contributed by atoms with van der Waals surface area (Å²) >= 11 is 6.19. The van der Waals surface area contributed by atoms with Gasteiger partial charge in [-0.25, -0.2) is 4.98 Å². The molecule has 0 fully saturated rings. The SMILES string of the molecule is CC(C)(N)Cn1cncc1-c1ccccc1Cl. The van der Waals surface area contributed by atoms with Gasteiger partial charge in [0.1, 0.15) is 0 Å². The Morgan fingerprint density at radius 3 is 2.71 bits per heavy atom. The highest BCUT2D eigenvalue weighted by atomic mass is 35.5. The number of hydrogen-bond donors (Lipinski definition) is 1. The first kappa shape index (κ1) is 12.1. The van der Waals surface area contributed by atoms with Crippen molar-refractivity contribution in [3.05, 3.63) is 41.8 Å². The smallest absolute Gasteiger partial charge is 0.0951 e. The average Bonchev–Trinajstić information content (AvgIpc) is 2.64. The summed E-state index contributed by atoms with van der Waals surface area (Å²) in [6, 6.07) is 7.74. The van der Waals surface area contributed by atoms with Crippen molar-refractivity contribution in [2.24, 2.45) is 5.73 Å². The van der Waals surface area contributed by atoms with Gasteiger partial charge in [-0.2, -0.15) is 0 Å². The van der Waals surface area contributed by atoms with Gasteiger partial charge in [0.15, 0.2) is 0 Å². The largest absolute Gasteiger partial charge is 0.329 e. The second kappa shape index (κ2) is 4.51. The van der Waals surface area contributed by atoms with Gasteiger partial charge in [0.25, 0.3) is 0 Å². The fourth-order valence-corrected chi connectivity index (χ4v) is 2.01. The number of nitrogens with two attached hydrogens (primary N) is 1. The highest BCUT2D eigenvalue weighted by Crippen LogP contribution is 2.27. The van der Waals surface area contributed by atoms with E-state index in [1.165, 1.54) is 0 Å². The maximum Gasteiger partial charge on any atom is 0.0951 e. The van der Waals surface area contributed by atoms with Crippen molar-refractivity contribution in [2.45, 2.75) is 25.9 Å². The molecule has 0 spiro atoms. The number of aromatic nitrogens is 2. The molecule has 2 N–H and O–H groups in total. The number of benzene rings is 1. The van der Waals surface area contributed by atoms with Crippen molar-refractivity contribution in [2.75, 3.05) is 0 Å². The van der Waals surface area contributed by atoms with Crippen LogP contribution in [0, 0.1) is 0 Å². The van der Waals surface area contributed by atoms with Gasteiger partial charge in [0.05, 0.1) is 18.2 Å². The molecular weight excluding hydrogens is 234 g/mol. The molecule has 1 aromatic heterocycles. The molecule has 0 saturated heterocycles. The Balaban J connectivity index is 2.41. The third kappa shape index (κ3) is 2.87. The van der Waals surface area contributed by atoms with Gasteiger partial charge >= 0.3 is 0 Å². The van der Waals surface area contributed by atoms with E-state index in [4.69, 9.17) is 17.3 Å². The minimum absolute atomic E-state index is 0.281. The zero-order chi connectivity index (χ0) is 12.5. The molecule has 0 aliphatic rings. The van der Waals surface area contributed by atoms with E-state index in [0.29, 0.717) is 6.54 Å². The van der Waals surface area contributed by atoms with Gasteiger partial charge in [-0.15, -0.1) is 0 Å². The molecule has 2 rings (SSSR count). The van der Waals surface area contributed by atoms with Crippen LogP contribution < -0.4 is 5.73 Å². The van der Waals surface area contributed by atoms with Crippen LogP contribution in [0.1, 0.15) is 13.8 Å². The van der Waals surface area contributed by atoms with Crippen molar-refractivity contribution < 1.29 is 0 Å². The molecular formula is C13H16ClN3. The second-order valence-electron chi connectivity index (χ2n) is 4.88. The van der Waals surface area contributed by atoms with Crippen molar-refractivity contribution in [1.82, 2.24) is 9.55 Å². The Bertz CT molecular complexity index is 511. The number of nitrogens with zero attached hydrogens (tertiary/aromatic N) is 2. The van der Waals surface area contributed by atoms with Crippen LogP contribution in [0.4, 0.5) is 0 Å². The molecule has 1 heterocycles.